The number of nitrogens with zero attached hydrogens (tertiary/aromatic N) is 1. The summed E-state index contributed by atoms with van der Waals surface area (Å²) in [5.41, 5.74) is 0. The van der Waals surface area contributed by atoms with Crippen molar-refractivity contribution < 1.29 is 24.0 Å². The number of amides is 2. The lowest BCUT2D eigenvalue weighted by atomic mass is 10.4. The van der Waals surface area contributed by atoms with Crippen LogP contribution in [-0.2, 0) is 14.4 Å². The molecule has 0 aliphatic heterocycles. The van der Waals surface area contributed by atoms with Crippen molar-refractivity contribution in [3.05, 3.63) is 11.8 Å². The lowest BCUT2D eigenvalue weighted by molar-refractivity contribution is -0.136. The van der Waals surface area contributed by atoms with E-state index in [1.807, 2.05) is 0 Å². The molecule has 1 heterocycles. The van der Waals surface area contributed by atoms with Crippen molar-refractivity contribution in [1.29, 1.82) is 0 Å². The molecule has 0 fully saturated rings. The lowest BCUT2D eigenvalue weighted by Crippen LogP contribution is -2.30. The molecule has 0 aliphatic carbocycles. The normalized spacial score (nSPS) is 11.7. The Morgan fingerprint density at radius 2 is 2.19 bits per heavy atom. The van der Waals surface area contributed by atoms with Gasteiger partial charge in [-0.05, 0) is 13.8 Å². The van der Waals surface area contributed by atoms with Crippen LogP contribution in [0.4, 0.5) is 5.82 Å². The Hall–Kier alpha value is -2.03. The summed E-state index contributed by atoms with van der Waals surface area (Å²) in [5, 5.41) is 16.7. The maximum Gasteiger partial charge on any atom is 0.305 e. The van der Waals surface area contributed by atoms with Crippen LogP contribution in [0.15, 0.2) is 10.6 Å². The highest BCUT2D eigenvalue weighted by Crippen LogP contribution is 2.14. The van der Waals surface area contributed by atoms with E-state index in [-0.39, 0.29) is 30.5 Å². The molecule has 9 heteroatoms. The van der Waals surface area contributed by atoms with Crippen LogP contribution in [0.3, 0.4) is 0 Å². The molecule has 1 aromatic rings. The highest BCUT2D eigenvalue weighted by Gasteiger charge is 2.16. The summed E-state index contributed by atoms with van der Waals surface area (Å²) in [6, 6.07) is 1.59. The molecule has 21 heavy (non-hydrogen) atoms. The van der Waals surface area contributed by atoms with Gasteiger partial charge in [0.15, 0.2) is 5.82 Å². The predicted octanol–water partition coefficient (Wildman–Crippen LogP) is 0.634. The van der Waals surface area contributed by atoms with Gasteiger partial charge in [-0.3, -0.25) is 14.4 Å². The first kappa shape index (κ1) is 17.0. The van der Waals surface area contributed by atoms with Crippen molar-refractivity contribution in [1.82, 2.24) is 10.5 Å². The van der Waals surface area contributed by atoms with Crippen LogP contribution in [0, 0.1) is 6.92 Å². The summed E-state index contributed by atoms with van der Waals surface area (Å²) in [6.45, 7) is 3.45. The van der Waals surface area contributed by atoms with Gasteiger partial charge in [0.25, 0.3) is 0 Å². The molecule has 0 radical (unpaired) electrons. The third-order valence-electron chi connectivity index (χ3n) is 2.37. The number of aryl methyl sites for hydroxylation is 1. The van der Waals surface area contributed by atoms with Gasteiger partial charge in [-0.1, -0.05) is 5.16 Å². The molecule has 2 amide bonds. The second-order valence-corrected chi connectivity index (χ2v) is 5.59. The molecule has 0 saturated heterocycles. The highest BCUT2D eigenvalue weighted by atomic mass is 32.2. The van der Waals surface area contributed by atoms with Crippen LogP contribution in [0.1, 0.15) is 19.1 Å². The summed E-state index contributed by atoms with van der Waals surface area (Å²) in [5.74, 6) is -0.575. The molecule has 1 rings (SSSR count). The smallest absolute Gasteiger partial charge is 0.305 e. The molecular formula is C12H17N3O5S. The third kappa shape index (κ3) is 6.80. The average Bonchev–Trinajstić information content (AvgIpc) is 2.80. The van der Waals surface area contributed by atoms with E-state index in [9.17, 15) is 14.4 Å². The van der Waals surface area contributed by atoms with E-state index in [4.69, 9.17) is 9.63 Å². The molecular weight excluding hydrogens is 298 g/mol. The van der Waals surface area contributed by atoms with Crippen molar-refractivity contribution in [3.8, 4) is 0 Å². The van der Waals surface area contributed by atoms with Crippen LogP contribution >= 0.6 is 11.8 Å². The molecule has 116 valence electrons. The summed E-state index contributed by atoms with van der Waals surface area (Å²) in [4.78, 5) is 33.5. The van der Waals surface area contributed by atoms with E-state index >= 15 is 0 Å². The maximum atomic E-state index is 11.8. The standard InChI is InChI=1S/C12H17N3O5S/c1-7-5-9(15-20-7)14-12(19)8(2)21-6-10(16)13-4-3-11(17)18/h5,8H,3-4,6H2,1-2H3,(H,13,16)(H,17,18)(H,14,15,19). The second kappa shape index (κ2) is 8.30. The zero-order valence-electron chi connectivity index (χ0n) is 11.7. The van der Waals surface area contributed by atoms with Gasteiger partial charge in [-0.2, -0.15) is 0 Å². The molecule has 1 unspecified atom stereocenters. The van der Waals surface area contributed by atoms with Gasteiger partial charge >= 0.3 is 5.97 Å². The minimum atomic E-state index is -0.974. The van der Waals surface area contributed by atoms with Crippen molar-refractivity contribution in [2.75, 3.05) is 17.6 Å². The minimum absolute atomic E-state index is 0.0754. The SMILES string of the molecule is Cc1cc(NC(=O)C(C)SCC(=O)NCCC(=O)O)no1. The number of aromatic nitrogens is 1. The molecule has 0 bridgehead atoms. The van der Waals surface area contributed by atoms with Crippen LogP contribution in [0.5, 0.6) is 0 Å². The largest absolute Gasteiger partial charge is 0.481 e. The molecule has 0 aliphatic rings. The Labute approximate surface area is 125 Å². The maximum absolute atomic E-state index is 11.8. The fourth-order valence-electron chi connectivity index (χ4n) is 1.29. The topological polar surface area (TPSA) is 122 Å². The number of carboxylic acid groups (broad SMARTS) is 1. The van der Waals surface area contributed by atoms with Gasteiger partial charge in [0.05, 0.1) is 17.4 Å². The van der Waals surface area contributed by atoms with Gasteiger partial charge in [-0.15, -0.1) is 11.8 Å². The summed E-state index contributed by atoms with van der Waals surface area (Å²) in [7, 11) is 0. The summed E-state index contributed by atoms with van der Waals surface area (Å²) in [6.07, 6.45) is -0.127. The van der Waals surface area contributed by atoms with E-state index in [1.165, 1.54) is 0 Å². The van der Waals surface area contributed by atoms with Gasteiger partial charge in [0.1, 0.15) is 5.76 Å². The summed E-state index contributed by atoms with van der Waals surface area (Å²) >= 11 is 1.15. The predicted molar refractivity (Wildman–Crippen MR) is 77.1 cm³/mol. The Morgan fingerprint density at radius 1 is 1.48 bits per heavy atom. The fraction of sp³-hybridized carbons (Fsp3) is 0.500. The van der Waals surface area contributed by atoms with E-state index in [2.05, 4.69) is 15.8 Å². The number of carboxylic acids is 1. The van der Waals surface area contributed by atoms with Crippen molar-refractivity contribution in [3.63, 3.8) is 0 Å². The van der Waals surface area contributed by atoms with Gasteiger partial charge in [-0.25, -0.2) is 0 Å². The van der Waals surface area contributed by atoms with Gasteiger partial charge in [0.2, 0.25) is 11.8 Å². The third-order valence-corrected chi connectivity index (χ3v) is 3.52. The number of aliphatic carboxylic acids is 1. The van der Waals surface area contributed by atoms with E-state index in [0.717, 1.165) is 11.8 Å². The first-order valence-corrected chi connectivity index (χ1v) is 7.27. The number of hydrogen-bond donors (Lipinski definition) is 3. The molecule has 0 aromatic carbocycles. The van der Waals surface area contributed by atoms with Crippen molar-refractivity contribution >= 4 is 35.4 Å². The Morgan fingerprint density at radius 3 is 2.76 bits per heavy atom. The number of hydrogen-bond acceptors (Lipinski definition) is 6. The van der Waals surface area contributed by atoms with E-state index < -0.39 is 11.2 Å². The molecule has 8 nitrogen and oxygen atoms in total. The van der Waals surface area contributed by atoms with Crippen LogP contribution < -0.4 is 10.6 Å². The number of thioether (sulfide) groups is 1. The first-order valence-electron chi connectivity index (χ1n) is 6.22. The summed E-state index contributed by atoms with van der Waals surface area (Å²) < 4.78 is 4.82. The zero-order chi connectivity index (χ0) is 15.8. The van der Waals surface area contributed by atoms with Crippen molar-refractivity contribution in [2.45, 2.75) is 25.5 Å². The first-order chi connectivity index (χ1) is 9.88. The van der Waals surface area contributed by atoms with Crippen LogP contribution in [0.25, 0.3) is 0 Å². The lowest BCUT2D eigenvalue weighted by Gasteiger charge is -2.10. The number of carbonyl (C=O) groups excluding carboxylic acids is 2. The van der Waals surface area contributed by atoms with Gasteiger partial charge < -0.3 is 20.3 Å². The van der Waals surface area contributed by atoms with E-state index in [1.54, 1.807) is 19.9 Å². The highest BCUT2D eigenvalue weighted by molar-refractivity contribution is 8.01. The quantitative estimate of drug-likeness (QED) is 0.643. The molecule has 0 saturated carbocycles. The minimum Gasteiger partial charge on any atom is -0.481 e. The number of carbonyl (C=O) groups is 3. The van der Waals surface area contributed by atoms with E-state index in [0.29, 0.717) is 11.6 Å². The monoisotopic (exact) mass is 315 g/mol. The Kier molecular flexibility index (Phi) is 6.73. The molecule has 3 N–H and O–H groups in total. The molecule has 1 aromatic heterocycles. The fourth-order valence-corrected chi connectivity index (χ4v) is 2.00. The Balaban J connectivity index is 2.26. The number of rotatable bonds is 8. The number of anilines is 1. The van der Waals surface area contributed by atoms with Crippen LogP contribution in [0.2, 0.25) is 0 Å². The van der Waals surface area contributed by atoms with Crippen LogP contribution in [-0.4, -0.2) is 45.6 Å². The molecule has 1 atom stereocenters. The zero-order valence-corrected chi connectivity index (χ0v) is 12.5. The Bertz CT molecular complexity index is 517. The average molecular weight is 315 g/mol. The van der Waals surface area contributed by atoms with Gasteiger partial charge in [0, 0.05) is 12.6 Å². The number of nitrogens with one attached hydrogen (secondary N) is 2. The van der Waals surface area contributed by atoms with Crippen molar-refractivity contribution in [2.24, 2.45) is 0 Å². The second-order valence-electron chi connectivity index (χ2n) is 4.26. The molecule has 0 spiro atoms.